The molecule has 2 aromatic rings. The van der Waals surface area contributed by atoms with E-state index in [1.807, 2.05) is 6.07 Å². The van der Waals surface area contributed by atoms with Crippen LogP contribution in [-0.2, 0) is 38.0 Å². The summed E-state index contributed by atoms with van der Waals surface area (Å²) in [5.41, 5.74) is 1.17. The topological polar surface area (TPSA) is 89.5 Å². The highest BCUT2D eigenvalue weighted by molar-refractivity contribution is 9.10. The number of benzene rings is 2. The summed E-state index contributed by atoms with van der Waals surface area (Å²) in [5, 5.41) is -1.05. The number of rotatable bonds is 6. The lowest BCUT2D eigenvalue weighted by Crippen LogP contribution is -2.45. The Morgan fingerprint density at radius 2 is 1.54 bits per heavy atom. The van der Waals surface area contributed by atoms with Crippen LogP contribution >= 0.6 is 15.9 Å². The van der Waals surface area contributed by atoms with Gasteiger partial charge in [0.1, 0.15) is 29.7 Å². The number of hydrogen-bond acceptors (Lipinski definition) is 8. The van der Waals surface area contributed by atoms with E-state index in [0.717, 1.165) is 4.47 Å². The smallest absolute Gasteiger partial charge is 0.279 e. The Hall–Kier alpha value is -1.37. The molecule has 0 saturated carbocycles. The van der Waals surface area contributed by atoms with Gasteiger partial charge < -0.3 is 23.7 Å². The maximum Gasteiger partial charge on any atom is 0.279 e. The van der Waals surface area contributed by atoms with E-state index in [9.17, 15) is 8.42 Å². The molecule has 0 aliphatic carbocycles. The van der Waals surface area contributed by atoms with Crippen LogP contribution in [0.1, 0.15) is 44.1 Å². The molecule has 0 N–H and O–H groups in total. The van der Waals surface area contributed by atoms with Gasteiger partial charge in [0.2, 0.25) is 0 Å². The van der Waals surface area contributed by atoms with Crippen molar-refractivity contribution in [2.75, 3.05) is 6.61 Å². The Bertz CT molecular complexity index is 1150. The van der Waals surface area contributed by atoms with Crippen LogP contribution < -0.4 is 0 Å². The predicted molar refractivity (Wildman–Crippen MR) is 130 cm³/mol. The molecule has 3 aliphatic rings. The molecule has 6 atom stereocenters. The summed E-state index contributed by atoms with van der Waals surface area (Å²) < 4.78 is 64.5. The summed E-state index contributed by atoms with van der Waals surface area (Å²) in [6.45, 7) is 7.33. The van der Waals surface area contributed by atoms with Crippen molar-refractivity contribution < 1.29 is 36.3 Å². The third kappa shape index (κ3) is 5.21. The molecule has 35 heavy (non-hydrogen) atoms. The van der Waals surface area contributed by atoms with E-state index >= 15 is 0 Å². The van der Waals surface area contributed by atoms with Gasteiger partial charge in [-0.3, -0.25) is 4.18 Å². The van der Waals surface area contributed by atoms with E-state index in [4.69, 9.17) is 27.9 Å². The molecule has 0 spiro atoms. The average Bonchev–Trinajstić information content (AvgIpc) is 3.39. The highest BCUT2D eigenvalue weighted by Gasteiger charge is 2.60. The minimum Gasteiger partial charge on any atom is -0.348 e. The van der Waals surface area contributed by atoms with Crippen LogP contribution in [0.4, 0.5) is 0 Å². The predicted octanol–water partition coefficient (Wildman–Crippen LogP) is 4.28. The van der Waals surface area contributed by atoms with Crippen LogP contribution in [0.25, 0.3) is 0 Å². The first-order valence-electron chi connectivity index (χ1n) is 11.5. The molecular formula is C25H29BrO8S. The third-order valence-corrected chi connectivity index (χ3v) is 8.37. The lowest BCUT2D eigenvalue weighted by molar-refractivity contribution is -0.230. The van der Waals surface area contributed by atoms with Crippen molar-refractivity contribution in [3.63, 3.8) is 0 Å². The fourth-order valence-corrected chi connectivity index (χ4v) is 6.68. The molecule has 3 aliphatic heterocycles. The third-order valence-electron chi connectivity index (χ3n) is 6.23. The van der Waals surface area contributed by atoms with E-state index in [1.165, 1.54) is 0 Å². The second-order valence-corrected chi connectivity index (χ2v) is 12.4. The first-order valence-corrected chi connectivity index (χ1v) is 13.8. The van der Waals surface area contributed by atoms with E-state index in [1.54, 1.807) is 76.2 Å². The molecule has 3 heterocycles. The molecule has 0 radical (unpaired) electrons. The fourth-order valence-electron chi connectivity index (χ4n) is 4.79. The van der Waals surface area contributed by atoms with Crippen LogP contribution in [0.15, 0.2) is 59.1 Å². The molecule has 0 bridgehead atoms. The lowest BCUT2D eigenvalue weighted by atomic mass is 10.0. The normalized spacial score (nSPS) is 32.4. The second kappa shape index (κ2) is 9.18. The molecule has 3 fully saturated rings. The van der Waals surface area contributed by atoms with Crippen LogP contribution in [-0.4, -0.2) is 57.3 Å². The summed E-state index contributed by atoms with van der Waals surface area (Å²) in [6, 6.07) is 16.1. The van der Waals surface area contributed by atoms with Gasteiger partial charge in [-0.2, -0.15) is 8.42 Å². The summed E-state index contributed by atoms with van der Waals surface area (Å²) in [5.74, 6) is -1.76. The molecule has 3 saturated heterocycles. The largest absolute Gasteiger partial charge is 0.348 e. The van der Waals surface area contributed by atoms with Gasteiger partial charge in [-0.05, 0) is 51.0 Å². The maximum atomic E-state index is 14.0. The van der Waals surface area contributed by atoms with E-state index in [2.05, 4.69) is 15.9 Å². The molecule has 8 nitrogen and oxygen atoms in total. The quantitative estimate of drug-likeness (QED) is 0.477. The lowest BCUT2D eigenvalue weighted by Gasteiger charge is -2.30. The summed E-state index contributed by atoms with van der Waals surface area (Å²) in [4.78, 5) is 0. The van der Waals surface area contributed by atoms with E-state index < -0.39 is 57.6 Å². The standard InChI is InChI=1S/C25H29BrO8S/c1-24(2)29-14-18(31-24)19-20(21-23(30-19)33-25(3,4)32-21)34-35(27,28)22(15-8-6-5-7-9-15)16-10-12-17(26)13-11-16/h5-13,18-23H,14H2,1-4H3/t18-,19-,20-,21-,22-,23-/m1/s1. The van der Waals surface area contributed by atoms with E-state index in [-0.39, 0.29) is 6.61 Å². The molecule has 2 aromatic carbocycles. The first-order chi connectivity index (χ1) is 16.4. The van der Waals surface area contributed by atoms with Crippen LogP contribution in [0, 0.1) is 0 Å². The minimum atomic E-state index is -4.22. The summed E-state index contributed by atoms with van der Waals surface area (Å²) >= 11 is 3.41. The van der Waals surface area contributed by atoms with Crippen molar-refractivity contribution in [1.29, 1.82) is 0 Å². The van der Waals surface area contributed by atoms with Gasteiger partial charge in [0.25, 0.3) is 10.1 Å². The van der Waals surface area contributed by atoms with Gasteiger partial charge in [0.05, 0.1) is 6.61 Å². The minimum absolute atomic E-state index is 0.231. The highest BCUT2D eigenvalue weighted by atomic mass is 79.9. The fraction of sp³-hybridized carbons (Fsp3) is 0.520. The van der Waals surface area contributed by atoms with E-state index in [0.29, 0.717) is 11.1 Å². The zero-order chi connectivity index (χ0) is 25.0. The molecule has 0 aromatic heterocycles. The number of ether oxygens (including phenoxy) is 5. The Labute approximate surface area is 214 Å². The van der Waals surface area contributed by atoms with Gasteiger partial charge in [-0.25, -0.2) is 0 Å². The summed E-state index contributed by atoms with van der Waals surface area (Å²) in [7, 11) is -4.22. The number of halogens is 1. The number of hydrogen-bond donors (Lipinski definition) is 0. The van der Waals surface area contributed by atoms with Gasteiger partial charge >= 0.3 is 0 Å². The molecule has 0 unspecified atom stereocenters. The Balaban J connectivity index is 1.50. The molecule has 190 valence electrons. The van der Waals surface area contributed by atoms with Crippen molar-refractivity contribution in [3.8, 4) is 0 Å². The zero-order valence-electron chi connectivity index (χ0n) is 19.9. The monoisotopic (exact) mass is 568 g/mol. The van der Waals surface area contributed by atoms with Gasteiger partial charge in [0, 0.05) is 4.47 Å². The van der Waals surface area contributed by atoms with Gasteiger partial charge in [-0.1, -0.05) is 58.4 Å². The first kappa shape index (κ1) is 25.3. The van der Waals surface area contributed by atoms with Crippen LogP contribution in [0.3, 0.4) is 0 Å². The van der Waals surface area contributed by atoms with Crippen molar-refractivity contribution in [2.45, 2.75) is 75.2 Å². The van der Waals surface area contributed by atoms with Crippen molar-refractivity contribution in [3.05, 3.63) is 70.2 Å². The van der Waals surface area contributed by atoms with Crippen LogP contribution in [0.5, 0.6) is 0 Å². The van der Waals surface area contributed by atoms with Crippen molar-refractivity contribution in [2.24, 2.45) is 0 Å². The highest BCUT2D eigenvalue weighted by Crippen LogP contribution is 2.44. The van der Waals surface area contributed by atoms with Crippen LogP contribution in [0.2, 0.25) is 0 Å². The molecule has 5 rings (SSSR count). The zero-order valence-corrected chi connectivity index (χ0v) is 22.3. The average molecular weight is 569 g/mol. The van der Waals surface area contributed by atoms with Gasteiger partial charge in [-0.15, -0.1) is 0 Å². The molecule has 0 amide bonds. The number of fused-ring (bicyclic) bond motifs is 1. The molecule has 10 heteroatoms. The summed E-state index contributed by atoms with van der Waals surface area (Å²) in [6.07, 6.45) is -3.84. The maximum absolute atomic E-state index is 14.0. The molecular weight excluding hydrogens is 540 g/mol. The van der Waals surface area contributed by atoms with Crippen molar-refractivity contribution in [1.82, 2.24) is 0 Å². The SMILES string of the molecule is CC1(C)O[C@H]2O[C@H]([C@H]3COC(C)(C)O3)[C@@H](OS(=O)(=O)[C@H](c3ccccc3)c3ccc(Br)cc3)[C@H]2O1. The van der Waals surface area contributed by atoms with Crippen molar-refractivity contribution >= 4 is 26.0 Å². The van der Waals surface area contributed by atoms with Gasteiger partial charge in [0.15, 0.2) is 17.9 Å². The Kier molecular flexibility index (Phi) is 6.63. The Morgan fingerprint density at radius 3 is 2.17 bits per heavy atom. The second-order valence-electron chi connectivity index (χ2n) is 9.83. The Morgan fingerprint density at radius 1 is 0.886 bits per heavy atom.